The molecule has 0 aromatic heterocycles. The lowest BCUT2D eigenvalue weighted by molar-refractivity contribution is -0.140. The summed E-state index contributed by atoms with van der Waals surface area (Å²) in [6.45, 7) is 1.96. The van der Waals surface area contributed by atoms with Crippen LogP contribution in [0.25, 0.3) is 0 Å². The maximum absolute atomic E-state index is 11.0. The maximum Gasteiger partial charge on any atom is 0.307 e. The van der Waals surface area contributed by atoms with E-state index in [0.29, 0.717) is 6.42 Å². The Morgan fingerprint density at radius 3 is 2.93 bits per heavy atom. The summed E-state index contributed by atoms with van der Waals surface area (Å²) in [6, 6.07) is 8.10. The van der Waals surface area contributed by atoms with E-state index in [-0.39, 0.29) is 12.0 Å². The highest BCUT2D eigenvalue weighted by molar-refractivity contribution is 14.1. The van der Waals surface area contributed by atoms with Crippen molar-refractivity contribution in [3.8, 4) is 0 Å². The minimum Gasteiger partial charge on any atom is -0.469 e. The fraction of sp³-hybridized carbons (Fsp3) is 0.364. The van der Waals surface area contributed by atoms with E-state index in [4.69, 9.17) is 0 Å². The number of carbonyl (C=O) groups excluding carboxylic acids is 1. The van der Waals surface area contributed by atoms with Crippen molar-refractivity contribution >= 4 is 34.2 Å². The summed E-state index contributed by atoms with van der Waals surface area (Å²) >= 11 is 2.25. The summed E-state index contributed by atoms with van der Waals surface area (Å²) in [5.41, 5.74) is 1.03. The van der Waals surface area contributed by atoms with E-state index in [1.807, 2.05) is 31.2 Å². The first-order valence-electron chi connectivity index (χ1n) is 4.70. The third-order valence-corrected chi connectivity index (χ3v) is 2.61. The molecule has 15 heavy (non-hydrogen) atoms. The van der Waals surface area contributed by atoms with Crippen molar-refractivity contribution in [1.82, 2.24) is 0 Å². The van der Waals surface area contributed by atoms with Crippen LogP contribution in [-0.2, 0) is 9.53 Å². The topological polar surface area (TPSA) is 38.3 Å². The molecule has 1 rings (SSSR count). The Morgan fingerprint density at radius 2 is 2.33 bits per heavy atom. The van der Waals surface area contributed by atoms with Gasteiger partial charge in [0.15, 0.2) is 0 Å². The van der Waals surface area contributed by atoms with Gasteiger partial charge in [0, 0.05) is 15.3 Å². The number of nitrogens with one attached hydrogen (secondary N) is 1. The Bertz CT molecular complexity index is 341. The highest BCUT2D eigenvalue weighted by Gasteiger charge is 2.08. The number of hydrogen-bond acceptors (Lipinski definition) is 3. The van der Waals surface area contributed by atoms with Gasteiger partial charge in [0.1, 0.15) is 0 Å². The van der Waals surface area contributed by atoms with Crippen LogP contribution in [-0.4, -0.2) is 19.1 Å². The maximum atomic E-state index is 11.0. The molecule has 0 radical (unpaired) electrons. The number of hydrogen-bond donors (Lipinski definition) is 1. The van der Waals surface area contributed by atoms with Crippen LogP contribution >= 0.6 is 22.6 Å². The van der Waals surface area contributed by atoms with Gasteiger partial charge in [0.05, 0.1) is 13.5 Å². The van der Waals surface area contributed by atoms with Crippen molar-refractivity contribution in [2.45, 2.75) is 19.4 Å². The van der Waals surface area contributed by atoms with Gasteiger partial charge in [0.25, 0.3) is 0 Å². The molecule has 0 amide bonds. The van der Waals surface area contributed by atoms with Crippen molar-refractivity contribution in [2.24, 2.45) is 0 Å². The molecule has 0 saturated carbocycles. The number of benzene rings is 1. The van der Waals surface area contributed by atoms with Crippen LogP contribution in [0.1, 0.15) is 13.3 Å². The zero-order valence-electron chi connectivity index (χ0n) is 8.79. The minimum atomic E-state index is -0.194. The molecule has 82 valence electrons. The first-order valence-corrected chi connectivity index (χ1v) is 5.78. The van der Waals surface area contributed by atoms with Gasteiger partial charge < -0.3 is 10.1 Å². The third-order valence-electron chi connectivity index (χ3n) is 1.94. The van der Waals surface area contributed by atoms with Gasteiger partial charge in [-0.15, -0.1) is 0 Å². The lowest BCUT2D eigenvalue weighted by Crippen LogP contribution is -2.20. The molecular formula is C11H14INO2. The number of esters is 1. The van der Waals surface area contributed by atoms with Crippen LogP contribution < -0.4 is 5.32 Å². The molecule has 1 N–H and O–H groups in total. The molecule has 0 bridgehead atoms. The van der Waals surface area contributed by atoms with Gasteiger partial charge in [-0.25, -0.2) is 0 Å². The SMILES string of the molecule is COC(=O)CC(C)Nc1cccc(I)c1. The number of halogens is 1. The number of ether oxygens (including phenoxy) is 1. The zero-order valence-corrected chi connectivity index (χ0v) is 10.9. The average Bonchev–Trinajstić information content (AvgIpc) is 2.17. The standard InChI is InChI=1S/C11H14INO2/c1-8(6-11(14)15-2)13-10-5-3-4-9(12)7-10/h3-5,7-8,13H,6H2,1-2H3. The normalized spacial score (nSPS) is 11.9. The number of methoxy groups -OCH3 is 1. The molecule has 0 heterocycles. The molecule has 1 aromatic rings. The third kappa shape index (κ3) is 4.51. The first kappa shape index (κ1) is 12.3. The molecule has 4 heteroatoms. The molecule has 1 unspecified atom stereocenters. The summed E-state index contributed by atoms with van der Waals surface area (Å²) < 4.78 is 5.77. The van der Waals surface area contributed by atoms with Gasteiger partial charge in [-0.2, -0.15) is 0 Å². The second-order valence-corrected chi connectivity index (χ2v) is 4.58. The monoisotopic (exact) mass is 319 g/mol. The van der Waals surface area contributed by atoms with Gasteiger partial charge in [-0.05, 0) is 47.7 Å². The molecule has 3 nitrogen and oxygen atoms in total. The van der Waals surface area contributed by atoms with E-state index in [2.05, 4.69) is 32.6 Å². The van der Waals surface area contributed by atoms with E-state index in [0.717, 1.165) is 5.69 Å². The predicted molar refractivity (Wildman–Crippen MR) is 68.9 cm³/mol. The van der Waals surface area contributed by atoms with Crippen molar-refractivity contribution in [3.05, 3.63) is 27.8 Å². The number of rotatable bonds is 4. The van der Waals surface area contributed by atoms with Crippen molar-refractivity contribution in [1.29, 1.82) is 0 Å². The van der Waals surface area contributed by atoms with Gasteiger partial charge in [-0.3, -0.25) is 4.79 Å². The van der Waals surface area contributed by atoms with Gasteiger partial charge in [-0.1, -0.05) is 6.07 Å². The van der Waals surface area contributed by atoms with Crippen molar-refractivity contribution in [3.63, 3.8) is 0 Å². The van der Waals surface area contributed by atoms with Gasteiger partial charge >= 0.3 is 5.97 Å². The Kier molecular flexibility index (Phi) is 4.87. The van der Waals surface area contributed by atoms with Gasteiger partial charge in [0.2, 0.25) is 0 Å². The molecule has 0 aliphatic carbocycles. The van der Waals surface area contributed by atoms with Crippen LogP contribution in [0.3, 0.4) is 0 Å². The molecule has 0 aliphatic rings. The smallest absolute Gasteiger partial charge is 0.307 e. The van der Waals surface area contributed by atoms with E-state index < -0.39 is 0 Å². The van der Waals surface area contributed by atoms with Crippen molar-refractivity contribution in [2.75, 3.05) is 12.4 Å². The fourth-order valence-electron chi connectivity index (χ4n) is 1.25. The molecule has 1 aromatic carbocycles. The largest absolute Gasteiger partial charge is 0.469 e. The molecule has 0 spiro atoms. The Morgan fingerprint density at radius 1 is 1.60 bits per heavy atom. The fourth-order valence-corrected chi connectivity index (χ4v) is 1.79. The molecular weight excluding hydrogens is 305 g/mol. The van der Waals surface area contributed by atoms with E-state index in [1.165, 1.54) is 10.7 Å². The lowest BCUT2D eigenvalue weighted by Gasteiger charge is -2.13. The molecule has 0 aliphatic heterocycles. The Labute approximate surface area is 103 Å². The summed E-state index contributed by atoms with van der Waals surface area (Å²) in [4.78, 5) is 11.0. The second kappa shape index (κ2) is 5.95. The lowest BCUT2D eigenvalue weighted by atomic mass is 10.2. The summed E-state index contributed by atoms with van der Waals surface area (Å²) in [5.74, 6) is -0.194. The average molecular weight is 319 g/mol. The second-order valence-electron chi connectivity index (χ2n) is 3.34. The highest BCUT2D eigenvalue weighted by atomic mass is 127. The quantitative estimate of drug-likeness (QED) is 0.685. The van der Waals surface area contributed by atoms with Crippen LogP contribution in [0.5, 0.6) is 0 Å². The van der Waals surface area contributed by atoms with E-state index in [1.54, 1.807) is 0 Å². The molecule has 1 atom stereocenters. The molecule has 0 fully saturated rings. The highest BCUT2D eigenvalue weighted by Crippen LogP contribution is 2.14. The Hall–Kier alpha value is -0.780. The van der Waals surface area contributed by atoms with Crippen LogP contribution in [0.4, 0.5) is 5.69 Å². The van der Waals surface area contributed by atoms with Crippen LogP contribution in [0.2, 0.25) is 0 Å². The summed E-state index contributed by atoms with van der Waals surface area (Å²) in [5, 5.41) is 3.24. The predicted octanol–water partition coefficient (Wildman–Crippen LogP) is 2.65. The Balaban J connectivity index is 2.51. The summed E-state index contributed by atoms with van der Waals surface area (Å²) in [6.07, 6.45) is 0.377. The van der Waals surface area contributed by atoms with Crippen LogP contribution in [0.15, 0.2) is 24.3 Å². The minimum absolute atomic E-state index is 0.0793. The van der Waals surface area contributed by atoms with E-state index >= 15 is 0 Å². The number of anilines is 1. The number of carbonyl (C=O) groups is 1. The summed E-state index contributed by atoms with van der Waals surface area (Å²) in [7, 11) is 1.40. The first-order chi connectivity index (χ1) is 7.11. The van der Waals surface area contributed by atoms with E-state index in [9.17, 15) is 4.79 Å². The molecule has 0 saturated heterocycles. The van der Waals surface area contributed by atoms with Crippen molar-refractivity contribution < 1.29 is 9.53 Å². The van der Waals surface area contributed by atoms with Crippen LogP contribution in [0, 0.1) is 3.57 Å². The zero-order chi connectivity index (χ0) is 11.3.